The van der Waals surface area contributed by atoms with Crippen molar-refractivity contribution in [1.29, 1.82) is 0 Å². The Bertz CT molecular complexity index is 376. The molecule has 0 aromatic heterocycles. The molecule has 1 amide bonds. The summed E-state index contributed by atoms with van der Waals surface area (Å²) in [5.74, 6) is 3.95. The number of carbonyl (C=O) groups excluding carboxylic acids is 1. The molecule has 0 aromatic rings. The van der Waals surface area contributed by atoms with E-state index in [1.165, 1.54) is 51.4 Å². The first-order valence-corrected chi connectivity index (χ1v) is 9.12. The summed E-state index contributed by atoms with van der Waals surface area (Å²) >= 11 is 0. The van der Waals surface area contributed by atoms with Crippen molar-refractivity contribution < 1.29 is 4.79 Å². The SMILES string of the molecule is CNCC1CCN(C(=O)C23CC4CC(CC(C4)C2)C3)CC1. The largest absolute Gasteiger partial charge is 0.342 e. The van der Waals surface area contributed by atoms with Gasteiger partial charge in [0.05, 0.1) is 5.41 Å². The second-order valence-electron chi connectivity index (χ2n) is 8.49. The van der Waals surface area contributed by atoms with Crippen LogP contribution in [0.3, 0.4) is 0 Å². The molecule has 3 nitrogen and oxygen atoms in total. The first-order valence-electron chi connectivity index (χ1n) is 9.12. The van der Waals surface area contributed by atoms with Gasteiger partial charge in [-0.25, -0.2) is 0 Å². The Labute approximate surface area is 128 Å². The maximum atomic E-state index is 13.2. The van der Waals surface area contributed by atoms with E-state index in [4.69, 9.17) is 0 Å². The van der Waals surface area contributed by atoms with Gasteiger partial charge < -0.3 is 10.2 Å². The van der Waals surface area contributed by atoms with Crippen LogP contribution in [0.25, 0.3) is 0 Å². The van der Waals surface area contributed by atoms with Gasteiger partial charge in [0, 0.05) is 13.1 Å². The van der Waals surface area contributed by atoms with Crippen LogP contribution >= 0.6 is 0 Å². The van der Waals surface area contributed by atoms with Crippen molar-refractivity contribution in [3.8, 4) is 0 Å². The topological polar surface area (TPSA) is 32.3 Å². The van der Waals surface area contributed by atoms with Crippen LogP contribution in [0.5, 0.6) is 0 Å². The molecule has 4 bridgehead atoms. The maximum absolute atomic E-state index is 13.2. The first kappa shape index (κ1) is 14.0. The van der Waals surface area contributed by atoms with Crippen molar-refractivity contribution in [2.45, 2.75) is 51.4 Å². The van der Waals surface area contributed by atoms with E-state index in [0.717, 1.165) is 43.3 Å². The third kappa shape index (κ3) is 2.42. The van der Waals surface area contributed by atoms with Crippen molar-refractivity contribution >= 4 is 5.91 Å². The molecule has 4 saturated carbocycles. The third-order valence-electron chi connectivity index (χ3n) is 6.89. The Morgan fingerprint density at radius 1 is 1.05 bits per heavy atom. The van der Waals surface area contributed by atoms with E-state index >= 15 is 0 Å². The second kappa shape index (κ2) is 5.26. The van der Waals surface area contributed by atoms with Crippen molar-refractivity contribution in [2.24, 2.45) is 29.1 Å². The number of likely N-dealkylation sites (tertiary alicyclic amines) is 1. The molecule has 0 aromatic carbocycles. The van der Waals surface area contributed by atoms with Crippen LogP contribution in [0.2, 0.25) is 0 Å². The van der Waals surface area contributed by atoms with E-state index < -0.39 is 0 Å². The fraction of sp³-hybridized carbons (Fsp3) is 0.944. The lowest BCUT2D eigenvalue weighted by atomic mass is 9.49. The van der Waals surface area contributed by atoms with Gasteiger partial charge >= 0.3 is 0 Å². The van der Waals surface area contributed by atoms with Crippen molar-refractivity contribution in [1.82, 2.24) is 10.2 Å². The molecule has 0 spiro atoms. The standard InChI is InChI=1S/C18H30N2O/c1-19-12-13-2-4-20(5-3-13)17(21)18-9-14-6-15(10-18)8-16(7-14)11-18/h13-16,19H,2-12H2,1H3. The summed E-state index contributed by atoms with van der Waals surface area (Å²) in [7, 11) is 2.03. The Hall–Kier alpha value is -0.570. The summed E-state index contributed by atoms with van der Waals surface area (Å²) in [4.78, 5) is 15.5. The van der Waals surface area contributed by atoms with Gasteiger partial charge in [0.2, 0.25) is 5.91 Å². The number of nitrogens with zero attached hydrogens (tertiary/aromatic N) is 1. The number of hydrogen-bond acceptors (Lipinski definition) is 2. The fourth-order valence-electron chi connectivity index (χ4n) is 6.34. The first-order chi connectivity index (χ1) is 10.2. The number of hydrogen-bond donors (Lipinski definition) is 1. The van der Waals surface area contributed by atoms with Gasteiger partial charge in [-0.2, -0.15) is 0 Å². The molecule has 4 aliphatic carbocycles. The molecule has 1 saturated heterocycles. The van der Waals surface area contributed by atoms with E-state index in [1.807, 2.05) is 7.05 Å². The molecule has 5 aliphatic rings. The monoisotopic (exact) mass is 290 g/mol. The average Bonchev–Trinajstić information content (AvgIpc) is 2.46. The second-order valence-corrected chi connectivity index (χ2v) is 8.49. The zero-order chi connectivity index (χ0) is 14.4. The molecule has 0 atom stereocenters. The van der Waals surface area contributed by atoms with Gasteiger partial charge in [-0.1, -0.05) is 0 Å². The molecule has 1 N–H and O–H groups in total. The van der Waals surface area contributed by atoms with Gasteiger partial charge in [0.15, 0.2) is 0 Å². The Morgan fingerprint density at radius 2 is 1.57 bits per heavy atom. The summed E-state index contributed by atoms with van der Waals surface area (Å²) in [5, 5.41) is 3.29. The predicted octanol–water partition coefficient (Wildman–Crippen LogP) is 2.66. The number of amides is 1. The Kier molecular flexibility index (Phi) is 3.52. The van der Waals surface area contributed by atoms with Crippen LogP contribution in [0.15, 0.2) is 0 Å². The molecule has 5 fully saturated rings. The molecule has 0 radical (unpaired) electrons. The Balaban J connectivity index is 1.43. The minimum Gasteiger partial charge on any atom is -0.342 e. The lowest BCUT2D eigenvalue weighted by molar-refractivity contribution is -0.159. The molecular weight excluding hydrogens is 260 g/mol. The smallest absolute Gasteiger partial charge is 0.228 e. The lowest BCUT2D eigenvalue weighted by Crippen LogP contribution is -2.55. The van der Waals surface area contributed by atoms with Crippen LogP contribution in [-0.4, -0.2) is 37.5 Å². The number of piperidine rings is 1. The zero-order valence-corrected chi connectivity index (χ0v) is 13.4. The Morgan fingerprint density at radius 3 is 2.05 bits per heavy atom. The highest BCUT2D eigenvalue weighted by atomic mass is 16.2. The van der Waals surface area contributed by atoms with E-state index in [-0.39, 0.29) is 5.41 Å². The minimum atomic E-state index is 0.0740. The zero-order valence-electron chi connectivity index (χ0n) is 13.4. The van der Waals surface area contributed by atoms with Gasteiger partial charge in [0.1, 0.15) is 0 Å². The molecule has 21 heavy (non-hydrogen) atoms. The van der Waals surface area contributed by atoms with Crippen LogP contribution in [-0.2, 0) is 4.79 Å². The quantitative estimate of drug-likeness (QED) is 0.866. The molecule has 1 heterocycles. The van der Waals surface area contributed by atoms with Crippen LogP contribution in [0.1, 0.15) is 51.4 Å². The molecule has 1 aliphatic heterocycles. The average molecular weight is 290 g/mol. The van der Waals surface area contributed by atoms with Gasteiger partial charge in [-0.15, -0.1) is 0 Å². The fourth-order valence-corrected chi connectivity index (χ4v) is 6.34. The number of nitrogens with one attached hydrogen (secondary N) is 1. The lowest BCUT2D eigenvalue weighted by Gasteiger charge is -2.57. The minimum absolute atomic E-state index is 0.0740. The summed E-state index contributed by atoms with van der Waals surface area (Å²) in [6, 6.07) is 0. The van der Waals surface area contributed by atoms with E-state index in [2.05, 4.69) is 10.2 Å². The molecule has 118 valence electrons. The van der Waals surface area contributed by atoms with Crippen LogP contribution in [0.4, 0.5) is 0 Å². The maximum Gasteiger partial charge on any atom is 0.228 e. The normalized spacial score (nSPS) is 42.5. The van der Waals surface area contributed by atoms with Crippen molar-refractivity contribution in [3.63, 3.8) is 0 Å². The van der Waals surface area contributed by atoms with E-state index in [0.29, 0.717) is 5.91 Å². The number of rotatable bonds is 3. The summed E-state index contributed by atoms with van der Waals surface area (Å²) < 4.78 is 0. The van der Waals surface area contributed by atoms with Gasteiger partial charge in [-0.05, 0) is 88.6 Å². The predicted molar refractivity (Wildman–Crippen MR) is 83.8 cm³/mol. The van der Waals surface area contributed by atoms with Crippen LogP contribution in [0, 0.1) is 29.1 Å². The highest BCUT2D eigenvalue weighted by molar-refractivity contribution is 5.83. The van der Waals surface area contributed by atoms with E-state index in [1.54, 1.807) is 0 Å². The molecule has 5 rings (SSSR count). The van der Waals surface area contributed by atoms with E-state index in [9.17, 15) is 4.79 Å². The highest BCUT2D eigenvalue weighted by Crippen LogP contribution is 2.60. The highest BCUT2D eigenvalue weighted by Gasteiger charge is 2.55. The van der Waals surface area contributed by atoms with Crippen LogP contribution < -0.4 is 5.32 Å². The van der Waals surface area contributed by atoms with Gasteiger partial charge in [-0.3, -0.25) is 4.79 Å². The number of carbonyl (C=O) groups is 1. The van der Waals surface area contributed by atoms with Crippen molar-refractivity contribution in [3.05, 3.63) is 0 Å². The summed E-state index contributed by atoms with van der Waals surface area (Å²) in [6.07, 6.45) is 10.3. The summed E-state index contributed by atoms with van der Waals surface area (Å²) in [5.41, 5.74) is 0.0740. The molecular formula is C18H30N2O. The molecule has 0 unspecified atom stereocenters. The summed E-state index contributed by atoms with van der Waals surface area (Å²) in [6.45, 7) is 3.12. The third-order valence-corrected chi connectivity index (χ3v) is 6.89. The molecule has 3 heteroatoms. The van der Waals surface area contributed by atoms with Crippen molar-refractivity contribution in [2.75, 3.05) is 26.7 Å². The van der Waals surface area contributed by atoms with Gasteiger partial charge in [0.25, 0.3) is 0 Å².